The normalized spacial score (nSPS) is 11.2. The van der Waals surface area contributed by atoms with E-state index in [-0.39, 0.29) is 5.91 Å². The number of hydrogen-bond donors (Lipinski definition) is 1. The molecule has 0 rings (SSSR count). The van der Waals surface area contributed by atoms with E-state index < -0.39 is 0 Å². The number of carbonyl (C=O) groups is 1. The van der Waals surface area contributed by atoms with Gasteiger partial charge in [0.2, 0.25) is 5.91 Å². The van der Waals surface area contributed by atoms with Crippen LogP contribution in [0.4, 0.5) is 0 Å². The van der Waals surface area contributed by atoms with Crippen LogP contribution in [-0.4, -0.2) is 55.0 Å². The Hall–Kier alpha value is -0.610. The molecule has 0 unspecified atom stereocenters. The Bertz CT molecular complexity index is 195. The molecule has 2 N–H and O–H groups in total. The van der Waals surface area contributed by atoms with E-state index in [0.717, 1.165) is 25.9 Å². The van der Waals surface area contributed by atoms with Crippen molar-refractivity contribution in [3.63, 3.8) is 0 Å². The van der Waals surface area contributed by atoms with Gasteiger partial charge in [0.25, 0.3) is 0 Å². The van der Waals surface area contributed by atoms with Crippen molar-refractivity contribution in [2.24, 2.45) is 5.73 Å². The predicted octanol–water partition coefficient (Wildman–Crippen LogP) is 0.914. The lowest BCUT2D eigenvalue weighted by molar-refractivity contribution is -0.131. The molecule has 0 aliphatic rings. The quantitative estimate of drug-likeness (QED) is 0.673. The van der Waals surface area contributed by atoms with Gasteiger partial charge in [-0.1, -0.05) is 6.92 Å². The van der Waals surface area contributed by atoms with Crippen molar-refractivity contribution in [2.75, 3.05) is 33.2 Å². The van der Waals surface area contributed by atoms with Crippen LogP contribution in [0.2, 0.25) is 0 Å². The molecule has 1 amide bonds. The molecule has 0 aromatic rings. The monoisotopic (exact) mass is 229 g/mol. The highest BCUT2D eigenvalue weighted by molar-refractivity contribution is 5.78. The first-order chi connectivity index (χ1) is 7.52. The zero-order valence-corrected chi connectivity index (χ0v) is 11.2. The third-order valence-electron chi connectivity index (χ3n) is 2.70. The van der Waals surface area contributed by atoms with Crippen molar-refractivity contribution in [1.82, 2.24) is 9.80 Å². The molecule has 0 spiro atoms. The standard InChI is InChI=1S/C12H27N3O/c1-5-8-15(11(2)3)10-12(16)14(4)9-6-7-13/h11H,5-10,13H2,1-4H3. The number of carbonyl (C=O) groups excluding carboxylic acids is 1. The minimum absolute atomic E-state index is 0.190. The minimum atomic E-state index is 0.190. The summed E-state index contributed by atoms with van der Waals surface area (Å²) in [4.78, 5) is 15.9. The Labute approximate surface area is 99.8 Å². The maximum atomic E-state index is 11.9. The minimum Gasteiger partial charge on any atom is -0.345 e. The molecular formula is C12H27N3O. The lowest BCUT2D eigenvalue weighted by Crippen LogP contribution is -2.42. The highest BCUT2D eigenvalue weighted by Crippen LogP contribution is 2.01. The Morgan fingerprint density at radius 1 is 1.31 bits per heavy atom. The van der Waals surface area contributed by atoms with Gasteiger partial charge >= 0.3 is 0 Å². The van der Waals surface area contributed by atoms with Crippen LogP contribution in [0.5, 0.6) is 0 Å². The fraction of sp³-hybridized carbons (Fsp3) is 0.917. The number of nitrogens with zero attached hydrogens (tertiary/aromatic N) is 2. The zero-order chi connectivity index (χ0) is 12.6. The number of likely N-dealkylation sites (N-methyl/N-ethyl adjacent to an activating group) is 1. The largest absolute Gasteiger partial charge is 0.345 e. The van der Waals surface area contributed by atoms with Gasteiger partial charge in [-0.25, -0.2) is 0 Å². The molecule has 0 heterocycles. The van der Waals surface area contributed by atoms with E-state index in [0.29, 0.717) is 19.1 Å². The molecule has 0 saturated carbocycles. The molecule has 0 radical (unpaired) electrons. The van der Waals surface area contributed by atoms with E-state index in [1.165, 1.54) is 0 Å². The van der Waals surface area contributed by atoms with Gasteiger partial charge in [-0.15, -0.1) is 0 Å². The van der Waals surface area contributed by atoms with Gasteiger partial charge in [0.1, 0.15) is 0 Å². The average Bonchev–Trinajstić information content (AvgIpc) is 2.24. The van der Waals surface area contributed by atoms with Crippen LogP contribution in [-0.2, 0) is 4.79 Å². The van der Waals surface area contributed by atoms with Gasteiger partial charge in [0, 0.05) is 19.6 Å². The Morgan fingerprint density at radius 2 is 1.94 bits per heavy atom. The van der Waals surface area contributed by atoms with Crippen LogP contribution in [0.25, 0.3) is 0 Å². The molecule has 0 bridgehead atoms. The fourth-order valence-electron chi connectivity index (χ4n) is 1.55. The van der Waals surface area contributed by atoms with Gasteiger partial charge in [0.05, 0.1) is 6.54 Å². The first-order valence-electron chi connectivity index (χ1n) is 6.21. The zero-order valence-electron chi connectivity index (χ0n) is 11.2. The average molecular weight is 229 g/mol. The van der Waals surface area contributed by atoms with Gasteiger partial charge in [-0.2, -0.15) is 0 Å². The maximum absolute atomic E-state index is 11.9. The van der Waals surface area contributed by atoms with E-state index in [9.17, 15) is 4.79 Å². The number of rotatable bonds is 8. The second-order valence-corrected chi connectivity index (χ2v) is 4.52. The van der Waals surface area contributed by atoms with Crippen LogP contribution in [0.3, 0.4) is 0 Å². The molecule has 0 aromatic heterocycles. The summed E-state index contributed by atoms with van der Waals surface area (Å²) in [5.41, 5.74) is 5.43. The first kappa shape index (κ1) is 15.4. The van der Waals surface area contributed by atoms with Crippen LogP contribution >= 0.6 is 0 Å². The third kappa shape index (κ3) is 6.08. The maximum Gasteiger partial charge on any atom is 0.236 e. The van der Waals surface area contributed by atoms with E-state index in [1.54, 1.807) is 4.90 Å². The molecule has 16 heavy (non-hydrogen) atoms. The van der Waals surface area contributed by atoms with Crippen molar-refractivity contribution in [1.29, 1.82) is 0 Å². The van der Waals surface area contributed by atoms with E-state index in [1.807, 2.05) is 7.05 Å². The molecular weight excluding hydrogens is 202 g/mol. The highest BCUT2D eigenvalue weighted by Gasteiger charge is 2.15. The summed E-state index contributed by atoms with van der Waals surface area (Å²) in [6.07, 6.45) is 1.95. The summed E-state index contributed by atoms with van der Waals surface area (Å²) in [6.45, 7) is 9.29. The number of hydrogen-bond acceptors (Lipinski definition) is 3. The molecule has 0 aromatic carbocycles. The highest BCUT2D eigenvalue weighted by atomic mass is 16.2. The molecule has 0 fully saturated rings. The van der Waals surface area contributed by atoms with E-state index in [4.69, 9.17) is 5.73 Å². The van der Waals surface area contributed by atoms with Crippen LogP contribution in [0, 0.1) is 0 Å². The van der Waals surface area contributed by atoms with Gasteiger partial charge < -0.3 is 10.6 Å². The molecule has 96 valence electrons. The summed E-state index contributed by atoms with van der Waals surface area (Å²) in [6, 6.07) is 0.423. The summed E-state index contributed by atoms with van der Waals surface area (Å²) in [5, 5.41) is 0. The van der Waals surface area contributed by atoms with Crippen molar-refractivity contribution < 1.29 is 4.79 Å². The summed E-state index contributed by atoms with van der Waals surface area (Å²) in [7, 11) is 1.85. The van der Waals surface area contributed by atoms with Crippen LogP contribution in [0.15, 0.2) is 0 Å². The molecule has 0 aliphatic carbocycles. The van der Waals surface area contributed by atoms with Crippen LogP contribution < -0.4 is 5.73 Å². The van der Waals surface area contributed by atoms with Gasteiger partial charge in [-0.05, 0) is 39.8 Å². The number of amides is 1. The lowest BCUT2D eigenvalue weighted by Gasteiger charge is -2.27. The molecule has 0 atom stereocenters. The Morgan fingerprint density at radius 3 is 2.38 bits per heavy atom. The Kier molecular flexibility index (Phi) is 8.21. The molecule has 0 aliphatic heterocycles. The van der Waals surface area contributed by atoms with E-state index in [2.05, 4.69) is 25.7 Å². The summed E-state index contributed by atoms with van der Waals surface area (Å²) >= 11 is 0. The first-order valence-corrected chi connectivity index (χ1v) is 6.21. The molecule has 4 heteroatoms. The van der Waals surface area contributed by atoms with Crippen LogP contribution in [0.1, 0.15) is 33.6 Å². The smallest absolute Gasteiger partial charge is 0.236 e. The van der Waals surface area contributed by atoms with Crippen molar-refractivity contribution in [3.8, 4) is 0 Å². The van der Waals surface area contributed by atoms with E-state index >= 15 is 0 Å². The number of nitrogens with two attached hydrogens (primary N) is 1. The van der Waals surface area contributed by atoms with Gasteiger partial charge in [0.15, 0.2) is 0 Å². The summed E-state index contributed by atoms with van der Waals surface area (Å²) < 4.78 is 0. The molecule has 4 nitrogen and oxygen atoms in total. The fourth-order valence-corrected chi connectivity index (χ4v) is 1.55. The second-order valence-electron chi connectivity index (χ2n) is 4.52. The second kappa shape index (κ2) is 8.53. The van der Waals surface area contributed by atoms with Gasteiger partial charge in [-0.3, -0.25) is 9.69 Å². The lowest BCUT2D eigenvalue weighted by atomic mass is 10.2. The molecule has 0 saturated heterocycles. The summed E-state index contributed by atoms with van der Waals surface area (Å²) in [5.74, 6) is 0.190. The topological polar surface area (TPSA) is 49.6 Å². The Balaban J connectivity index is 4.07. The van der Waals surface area contributed by atoms with Crippen molar-refractivity contribution >= 4 is 5.91 Å². The van der Waals surface area contributed by atoms with Crippen molar-refractivity contribution in [2.45, 2.75) is 39.7 Å². The van der Waals surface area contributed by atoms with Crippen molar-refractivity contribution in [3.05, 3.63) is 0 Å². The third-order valence-corrected chi connectivity index (χ3v) is 2.70. The predicted molar refractivity (Wildman–Crippen MR) is 68.3 cm³/mol. The SMILES string of the molecule is CCCN(CC(=O)N(C)CCCN)C(C)C.